The van der Waals surface area contributed by atoms with E-state index in [-0.39, 0.29) is 6.09 Å². The summed E-state index contributed by atoms with van der Waals surface area (Å²) in [6.07, 6.45) is 8.51. The van der Waals surface area contributed by atoms with E-state index in [9.17, 15) is 4.79 Å². The topological polar surface area (TPSA) is 41.6 Å². The van der Waals surface area contributed by atoms with E-state index in [1.54, 1.807) is 0 Å². The molecule has 4 heteroatoms. The second kappa shape index (κ2) is 8.55. The molecular formula is C20H38N2O2. The van der Waals surface area contributed by atoms with Crippen LogP contribution in [0.15, 0.2) is 0 Å². The van der Waals surface area contributed by atoms with Gasteiger partial charge >= 0.3 is 6.09 Å². The summed E-state index contributed by atoms with van der Waals surface area (Å²) in [6.45, 7) is 12.3. The minimum atomic E-state index is -0.406. The summed E-state index contributed by atoms with van der Waals surface area (Å²) >= 11 is 0. The SMILES string of the molecule is CC(C)C1CCCC(NCCCN(C(=O)OC(C)(C)C)C2CC2)C1. The Hall–Kier alpha value is -0.770. The molecule has 2 rings (SSSR count). The lowest BCUT2D eigenvalue weighted by Gasteiger charge is -2.32. The number of amides is 1. The number of nitrogens with one attached hydrogen (secondary N) is 1. The van der Waals surface area contributed by atoms with Gasteiger partial charge in [0.15, 0.2) is 0 Å². The molecular weight excluding hydrogens is 300 g/mol. The van der Waals surface area contributed by atoms with Gasteiger partial charge in [-0.1, -0.05) is 26.7 Å². The highest BCUT2D eigenvalue weighted by molar-refractivity contribution is 5.69. The molecule has 4 nitrogen and oxygen atoms in total. The molecule has 140 valence electrons. The number of rotatable bonds is 7. The fourth-order valence-corrected chi connectivity index (χ4v) is 3.70. The van der Waals surface area contributed by atoms with Crippen LogP contribution in [0.2, 0.25) is 0 Å². The van der Waals surface area contributed by atoms with Gasteiger partial charge in [0.05, 0.1) is 0 Å². The monoisotopic (exact) mass is 338 g/mol. The fraction of sp³-hybridized carbons (Fsp3) is 0.950. The second-order valence-electron chi connectivity index (χ2n) is 9.08. The predicted octanol–water partition coefficient (Wildman–Crippen LogP) is 4.58. The molecule has 0 aromatic rings. The maximum Gasteiger partial charge on any atom is 0.410 e. The summed E-state index contributed by atoms with van der Waals surface area (Å²) in [5.41, 5.74) is -0.406. The van der Waals surface area contributed by atoms with Gasteiger partial charge in [0.2, 0.25) is 0 Å². The third kappa shape index (κ3) is 6.62. The molecule has 0 aliphatic heterocycles. The molecule has 0 radical (unpaired) electrons. The van der Waals surface area contributed by atoms with Crippen LogP contribution in [0.1, 0.15) is 79.6 Å². The minimum absolute atomic E-state index is 0.137. The molecule has 0 heterocycles. The summed E-state index contributed by atoms with van der Waals surface area (Å²) in [5, 5.41) is 3.73. The van der Waals surface area contributed by atoms with E-state index in [0.717, 1.165) is 44.2 Å². The molecule has 1 amide bonds. The van der Waals surface area contributed by atoms with Crippen molar-refractivity contribution in [2.75, 3.05) is 13.1 Å². The van der Waals surface area contributed by atoms with Gasteiger partial charge in [-0.25, -0.2) is 4.79 Å². The van der Waals surface area contributed by atoms with Crippen molar-refractivity contribution in [3.8, 4) is 0 Å². The Morgan fingerprint density at radius 1 is 1.21 bits per heavy atom. The number of carbonyl (C=O) groups is 1. The highest BCUT2D eigenvalue weighted by Gasteiger charge is 2.34. The molecule has 0 bridgehead atoms. The Balaban J connectivity index is 1.69. The summed E-state index contributed by atoms with van der Waals surface area (Å²) < 4.78 is 5.56. The Morgan fingerprint density at radius 2 is 1.92 bits per heavy atom. The molecule has 0 spiro atoms. The maximum atomic E-state index is 12.3. The molecule has 2 unspecified atom stereocenters. The van der Waals surface area contributed by atoms with Crippen LogP contribution in [-0.4, -0.2) is 41.8 Å². The van der Waals surface area contributed by atoms with Crippen molar-refractivity contribution in [1.29, 1.82) is 0 Å². The molecule has 0 aromatic heterocycles. The first-order chi connectivity index (χ1) is 11.3. The molecule has 1 N–H and O–H groups in total. The smallest absolute Gasteiger partial charge is 0.410 e. The summed E-state index contributed by atoms with van der Waals surface area (Å²) in [6, 6.07) is 1.09. The van der Waals surface area contributed by atoms with E-state index in [0.29, 0.717) is 12.1 Å². The van der Waals surface area contributed by atoms with Gasteiger partial charge in [-0.2, -0.15) is 0 Å². The van der Waals surface area contributed by atoms with Crippen LogP contribution in [0.5, 0.6) is 0 Å². The molecule has 2 aliphatic carbocycles. The quantitative estimate of drug-likeness (QED) is 0.691. The van der Waals surface area contributed by atoms with Gasteiger partial charge in [-0.3, -0.25) is 0 Å². The van der Waals surface area contributed by atoms with Crippen molar-refractivity contribution in [1.82, 2.24) is 10.2 Å². The Morgan fingerprint density at radius 3 is 2.50 bits per heavy atom. The molecule has 24 heavy (non-hydrogen) atoms. The Bertz CT molecular complexity index is 399. The average molecular weight is 339 g/mol. The second-order valence-corrected chi connectivity index (χ2v) is 9.08. The number of hydrogen-bond acceptors (Lipinski definition) is 3. The van der Waals surface area contributed by atoms with Crippen LogP contribution in [0, 0.1) is 11.8 Å². The van der Waals surface area contributed by atoms with Crippen molar-refractivity contribution >= 4 is 6.09 Å². The Labute approximate surface area is 148 Å². The summed E-state index contributed by atoms with van der Waals surface area (Å²) in [4.78, 5) is 14.3. The van der Waals surface area contributed by atoms with Crippen molar-refractivity contribution < 1.29 is 9.53 Å². The van der Waals surface area contributed by atoms with E-state index in [1.165, 1.54) is 25.7 Å². The molecule has 2 atom stereocenters. The van der Waals surface area contributed by atoms with E-state index in [4.69, 9.17) is 4.74 Å². The third-order valence-electron chi connectivity index (χ3n) is 5.28. The van der Waals surface area contributed by atoms with Crippen LogP contribution in [0.4, 0.5) is 4.79 Å². The Kier molecular flexibility index (Phi) is 6.97. The molecule has 2 fully saturated rings. The van der Waals surface area contributed by atoms with Gasteiger partial charge in [-0.05, 0) is 71.3 Å². The van der Waals surface area contributed by atoms with Crippen molar-refractivity contribution in [2.24, 2.45) is 11.8 Å². The van der Waals surface area contributed by atoms with Gasteiger partial charge < -0.3 is 15.0 Å². The number of carbonyl (C=O) groups excluding carboxylic acids is 1. The van der Waals surface area contributed by atoms with E-state index in [1.807, 2.05) is 25.7 Å². The zero-order valence-corrected chi connectivity index (χ0v) is 16.4. The van der Waals surface area contributed by atoms with Gasteiger partial charge in [0, 0.05) is 18.6 Å². The highest BCUT2D eigenvalue weighted by Crippen LogP contribution is 2.30. The zero-order chi connectivity index (χ0) is 17.7. The standard InChI is InChI=1S/C20H38N2O2/c1-15(2)16-8-6-9-17(14-16)21-12-7-13-22(18-10-11-18)19(23)24-20(3,4)5/h15-18,21H,6-14H2,1-5H3. The summed E-state index contributed by atoms with van der Waals surface area (Å²) in [5.74, 6) is 1.67. The molecule has 2 saturated carbocycles. The average Bonchev–Trinajstić information content (AvgIpc) is 3.30. The molecule has 0 saturated heterocycles. The van der Waals surface area contributed by atoms with Crippen molar-refractivity contribution in [2.45, 2.75) is 97.2 Å². The largest absolute Gasteiger partial charge is 0.444 e. The number of ether oxygens (including phenoxy) is 1. The van der Waals surface area contributed by atoms with Gasteiger partial charge in [0.1, 0.15) is 5.60 Å². The first-order valence-electron chi connectivity index (χ1n) is 9.99. The third-order valence-corrected chi connectivity index (χ3v) is 5.28. The predicted molar refractivity (Wildman–Crippen MR) is 99.2 cm³/mol. The van der Waals surface area contributed by atoms with E-state index < -0.39 is 5.60 Å². The molecule has 0 aromatic carbocycles. The minimum Gasteiger partial charge on any atom is -0.444 e. The van der Waals surface area contributed by atoms with Crippen LogP contribution in [-0.2, 0) is 4.74 Å². The first-order valence-corrected chi connectivity index (χ1v) is 9.99. The number of hydrogen-bond donors (Lipinski definition) is 1. The normalized spacial score (nSPS) is 24.9. The first kappa shape index (κ1) is 19.6. The van der Waals surface area contributed by atoms with Crippen LogP contribution >= 0.6 is 0 Å². The zero-order valence-electron chi connectivity index (χ0n) is 16.4. The maximum absolute atomic E-state index is 12.3. The highest BCUT2D eigenvalue weighted by atomic mass is 16.6. The van der Waals surface area contributed by atoms with Crippen molar-refractivity contribution in [3.63, 3.8) is 0 Å². The van der Waals surface area contributed by atoms with Gasteiger partial charge in [0.25, 0.3) is 0 Å². The van der Waals surface area contributed by atoms with Crippen molar-refractivity contribution in [3.05, 3.63) is 0 Å². The number of nitrogens with zero attached hydrogens (tertiary/aromatic N) is 1. The lowest BCUT2D eigenvalue weighted by molar-refractivity contribution is 0.0231. The fourth-order valence-electron chi connectivity index (χ4n) is 3.70. The van der Waals surface area contributed by atoms with Crippen LogP contribution in [0.3, 0.4) is 0 Å². The van der Waals surface area contributed by atoms with E-state index in [2.05, 4.69) is 19.2 Å². The summed E-state index contributed by atoms with van der Waals surface area (Å²) in [7, 11) is 0. The van der Waals surface area contributed by atoms with Gasteiger partial charge in [-0.15, -0.1) is 0 Å². The molecule has 2 aliphatic rings. The van der Waals surface area contributed by atoms with Crippen LogP contribution in [0.25, 0.3) is 0 Å². The lowest BCUT2D eigenvalue weighted by Crippen LogP contribution is -2.41. The van der Waals surface area contributed by atoms with Crippen LogP contribution < -0.4 is 5.32 Å². The lowest BCUT2D eigenvalue weighted by atomic mass is 9.79. The van der Waals surface area contributed by atoms with E-state index >= 15 is 0 Å².